The quantitative estimate of drug-likeness (QED) is 0.0153. The number of nitrogens with two attached hydrogens (primary N) is 1. The zero-order valence-corrected chi connectivity index (χ0v) is 83.9. The Bertz CT molecular complexity index is 2860. The number of alkyl carbamates (subject to hydrolysis) is 3. The fraction of sp³-hybridized carbons (Fsp3) is 0.965. The van der Waals surface area contributed by atoms with Crippen LogP contribution in [0.2, 0.25) is 0 Å². The second-order valence-electron chi connectivity index (χ2n) is 33.4. The van der Waals surface area contributed by atoms with E-state index in [4.69, 9.17) is 136 Å². The molecule has 0 aromatic rings. The summed E-state index contributed by atoms with van der Waals surface area (Å²) < 4.78 is 116. The van der Waals surface area contributed by atoms with Crippen LogP contribution in [0.4, 0.5) is 14.4 Å². The van der Waals surface area contributed by atoms with Gasteiger partial charge in [0.05, 0.1) is 313 Å². The SMILES string of the molecule is NCC(COC(=O)NCCOCCOCCOCCOCCOCCOCCN(C[C@H](N=O)[C@@H](O)[C@H](O)[C@H](O)CO)C[C@H](O)[C@@H](O)[C@H](O)[C@H](O)CO)(COC(=O)NCCOCCOCCOCCOCCOCCOCCN(C[C@H](O)[C@@H](O)[C@H](O)[C@H](O)CO)C[C@H](O)[C@@H](O)[C@H](O)[C@H](O)CO)COC(=O)NCCOCCOCCOCCOCCOCCOCCN(C[C@H](O)[C@@H](O)[C@H](O)[C@H](O)CO)C[C@H](O)[C@@H](O)[C@H](O)[C@H](O)CO. The highest BCUT2D eigenvalue weighted by Crippen LogP contribution is 2.21. The number of hydrogen-bond acceptors (Lipinski definition) is 59. The van der Waals surface area contributed by atoms with Gasteiger partial charge in [-0.25, -0.2) is 14.4 Å². The van der Waals surface area contributed by atoms with E-state index in [0.717, 1.165) is 0 Å². The van der Waals surface area contributed by atoms with Gasteiger partial charge in [-0.05, 0) is 0 Å². The molecular weight excluding hydrogens is 2010 g/mol. The Labute approximate surface area is 858 Å². The molecule has 34 N–H and O–H groups in total. The predicted molar refractivity (Wildman–Crippen MR) is 504 cm³/mol. The summed E-state index contributed by atoms with van der Waals surface area (Å²) in [4.78, 5) is 54.3. The number of hydrogen-bond donors (Lipinski definition) is 33. The highest BCUT2D eigenvalue weighted by Gasteiger charge is 2.41. The summed E-state index contributed by atoms with van der Waals surface area (Å²) in [7, 11) is 0. The van der Waals surface area contributed by atoms with Crippen molar-refractivity contribution in [2.45, 2.75) is 146 Å². The van der Waals surface area contributed by atoms with Gasteiger partial charge in [0.25, 0.3) is 0 Å². The van der Waals surface area contributed by atoms with Gasteiger partial charge in [-0.15, -0.1) is 0 Å². The monoisotopic (exact) mass is 2180 g/mol. The minimum absolute atomic E-state index is 0.00408. The van der Waals surface area contributed by atoms with Gasteiger partial charge in [0.1, 0.15) is 136 Å². The summed E-state index contributed by atoms with van der Waals surface area (Å²) >= 11 is 0. The molecule has 24 atom stereocenters. The Morgan fingerprint density at radius 1 is 0.223 bits per heavy atom. The number of ether oxygens (including phenoxy) is 21. The average molecular weight is 2180 g/mol. The van der Waals surface area contributed by atoms with Crippen molar-refractivity contribution in [2.75, 3.05) is 382 Å². The molecule has 0 heterocycles. The fourth-order valence-corrected chi connectivity index (χ4v) is 12.5. The van der Waals surface area contributed by atoms with E-state index < -0.39 is 269 Å². The molecule has 882 valence electrons. The Morgan fingerprint density at radius 2 is 0.372 bits per heavy atom. The number of nitrogens with zero attached hydrogens (tertiary/aromatic N) is 4. The first kappa shape index (κ1) is 143. The lowest BCUT2D eigenvalue weighted by molar-refractivity contribution is -0.131. The van der Waals surface area contributed by atoms with E-state index in [1.165, 1.54) is 14.7 Å². The standard InChI is InChI=1S/C86H174N8O54/c87-55-86(57-147-84(125)89-2-8-129-14-20-135-26-32-141-38-41-144-35-29-138-23-17-132-11-5-93(45-61(102)73(114)79(120)67(108)51-97)46-62(103)74(115)80(121)68(109)52-98,58-148-85(126)90-3-9-130-15-21-136-27-33-142-39-42-145-36-30-139-24-18-133-12-6-94(47-63(104)75(116)81(122)69(110)53-99)48-64(105)76(117)82(123)70(111)54-100)56-146-83(124)88-1-7-128-13-19-134-25-31-140-37-40-143-34-28-137-22-16-131-10-4-92(44-60(101)72(113)78(119)66(107)50-96)43-59(91-127)71(112)77(118)65(106)49-95/h59-82,95-123H,1-58,87H2,(H,88,124)(H,89,125)(H,90,126)/t59-,60-,61-,62-,63-,64-,65+,66+,67+,68+,69+,70+,71+,72+,73+,74+,75+,76+,77+,78+,79+,80+,81+,82+/m0/s1. The highest BCUT2D eigenvalue weighted by atomic mass is 16.6. The third kappa shape index (κ3) is 70.8. The van der Waals surface area contributed by atoms with Crippen LogP contribution in [-0.4, -0.2) is 710 Å². The maximum Gasteiger partial charge on any atom is 0.407 e. The van der Waals surface area contributed by atoms with Crippen molar-refractivity contribution in [2.24, 2.45) is 16.3 Å². The summed E-state index contributed by atoms with van der Waals surface area (Å²) in [5.74, 6) is 0. The van der Waals surface area contributed by atoms with E-state index in [1.807, 2.05) is 0 Å². The molecule has 0 aromatic carbocycles. The highest BCUT2D eigenvalue weighted by molar-refractivity contribution is 5.68. The molecule has 0 fully saturated rings. The van der Waals surface area contributed by atoms with Gasteiger partial charge in [0.2, 0.25) is 0 Å². The first-order chi connectivity index (χ1) is 71.0. The number of nitrogens with one attached hydrogen (secondary N) is 3. The third-order valence-corrected chi connectivity index (χ3v) is 21.5. The second-order valence-corrected chi connectivity index (χ2v) is 33.4. The van der Waals surface area contributed by atoms with Crippen molar-refractivity contribution in [3.63, 3.8) is 0 Å². The van der Waals surface area contributed by atoms with Crippen LogP contribution in [0.5, 0.6) is 0 Å². The zero-order chi connectivity index (χ0) is 111. The number of carbonyl (C=O) groups is 3. The molecule has 0 bridgehead atoms. The van der Waals surface area contributed by atoms with E-state index in [1.54, 1.807) is 0 Å². The maximum absolute atomic E-state index is 12.9. The lowest BCUT2D eigenvalue weighted by atomic mass is 9.91. The second kappa shape index (κ2) is 93.6. The first-order valence-electron chi connectivity index (χ1n) is 48.6. The molecule has 0 spiro atoms. The zero-order valence-electron chi connectivity index (χ0n) is 83.9. The molecule has 62 heteroatoms. The van der Waals surface area contributed by atoms with Gasteiger partial charge >= 0.3 is 18.3 Å². The van der Waals surface area contributed by atoms with Gasteiger partial charge in [-0.1, -0.05) is 5.18 Å². The van der Waals surface area contributed by atoms with E-state index in [2.05, 4.69) is 21.1 Å². The molecule has 0 aromatic heterocycles. The summed E-state index contributed by atoms with van der Waals surface area (Å²) in [6.45, 7) is -4.57. The van der Waals surface area contributed by atoms with Crippen molar-refractivity contribution in [3.05, 3.63) is 4.91 Å². The average Bonchev–Trinajstić information content (AvgIpc) is 0.866. The van der Waals surface area contributed by atoms with E-state index in [9.17, 15) is 137 Å². The molecule has 0 unspecified atom stereocenters. The van der Waals surface area contributed by atoms with Gasteiger partial charge < -0.3 is 269 Å². The lowest BCUT2D eigenvalue weighted by Crippen LogP contribution is -2.53. The number of aliphatic hydroxyl groups excluding tert-OH is 29. The first-order valence-corrected chi connectivity index (χ1v) is 48.6. The Kier molecular flexibility index (Phi) is 90.7. The van der Waals surface area contributed by atoms with E-state index in [-0.39, 0.29) is 284 Å². The molecule has 3 amide bonds. The number of rotatable bonds is 107. The lowest BCUT2D eigenvalue weighted by Gasteiger charge is -2.33. The van der Waals surface area contributed by atoms with Crippen LogP contribution in [0, 0.1) is 10.3 Å². The number of carbonyl (C=O) groups excluding carboxylic acids is 3. The molecule has 148 heavy (non-hydrogen) atoms. The normalized spacial score (nSPS) is 17.2. The van der Waals surface area contributed by atoms with Crippen molar-refractivity contribution < 1.29 is 262 Å². The summed E-state index contributed by atoms with van der Waals surface area (Å²) in [5.41, 5.74) is 4.72. The van der Waals surface area contributed by atoms with Crippen molar-refractivity contribution >= 4 is 18.3 Å². The molecule has 0 aliphatic rings. The van der Waals surface area contributed by atoms with Crippen molar-refractivity contribution in [1.82, 2.24) is 30.7 Å². The van der Waals surface area contributed by atoms with Crippen LogP contribution >= 0.6 is 0 Å². The maximum atomic E-state index is 12.9. The van der Waals surface area contributed by atoms with Crippen LogP contribution < -0.4 is 21.7 Å². The smallest absolute Gasteiger partial charge is 0.407 e. The molecule has 0 rings (SSSR count). The fourth-order valence-electron chi connectivity index (χ4n) is 12.5. The van der Waals surface area contributed by atoms with Crippen LogP contribution in [0.15, 0.2) is 5.18 Å². The summed E-state index contributed by atoms with van der Waals surface area (Å²) in [5, 5.41) is 298. The van der Waals surface area contributed by atoms with E-state index >= 15 is 0 Å². The van der Waals surface area contributed by atoms with Gasteiger partial charge in [0, 0.05) is 85.1 Å². The Balaban J connectivity index is 5.04. The predicted octanol–water partition coefficient (Wildman–Crippen LogP) is -19.3. The van der Waals surface area contributed by atoms with Crippen LogP contribution in [0.3, 0.4) is 0 Å². The number of amides is 3. The minimum atomic E-state index is -1.98. The van der Waals surface area contributed by atoms with Crippen LogP contribution in [0.25, 0.3) is 0 Å². The summed E-state index contributed by atoms with van der Waals surface area (Å²) in [6.07, 6.45) is -45.5. The van der Waals surface area contributed by atoms with Crippen molar-refractivity contribution in [3.8, 4) is 0 Å². The van der Waals surface area contributed by atoms with Crippen LogP contribution in [0.1, 0.15) is 0 Å². The Hall–Kier alpha value is -4.63. The third-order valence-electron chi connectivity index (χ3n) is 21.5. The van der Waals surface area contributed by atoms with Crippen LogP contribution in [-0.2, 0) is 99.5 Å². The topological polar surface area (TPSA) is 933 Å². The number of nitroso groups, excluding NO2 is 1. The number of aliphatic hydroxyl groups is 29. The summed E-state index contributed by atoms with van der Waals surface area (Å²) in [6, 6.07) is -1.61. The molecule has 0 radical (unpaired) electrons. The van der Waals surface area contributed by atoms with Gasteiger partial charge in [0.15, 0.2) is 0 Å². The molecule has 62 nitrogen and oxygen atoms in total. The molecule has 0 aliphatic carbocycles. The Morgan fingerprint density at radius 3 is 0.534 bits per heavy atom. The molecular formula is C86H174N8O54. The largest absolute Gasteiger partial charge is 0.449 e. The molecule has 0 aliphatic heterocycles. The van der Waals surface area contributed by atoms with E-state index in [0.29, 0.717) is 0 Å². The van der Waals surface area contributed by atoms with Crippen molar-refractivity contribution in [1.29, 1.82) is 0 Å². The minimum Gasteiger partial charge on any atom is -0.449 e. The van der Waals surface area contributed by atoms with Gasteiger partial charge in [-0.2, -0.15) is 4.91 Å². The molecule has 0 saturated heterocycles. The molecule has 0 saturated carbocycles. The van der Waals surface area contributed by atoms with Gasteiger partial charge in [-0.3, -0.25) is 14.7 Å².